The van der Waals surface area contributed by atoms with Crippen LogP contribution < -0.4 is 15.8 Å². The molecule has 0 unspecified atom stereocenters. The lowest BCUT2D eigenvalue weighted by atomic mass is 10.0. The Morgan fingerprint density at radius 2 is 1.90 bits per heavy atom. The van der Waals surface area contributed by atoms with Gasteiger partial charge in [-0.25, -0.2) is 0 Å². The summed E-state index contributed by atoms with van der Waals surface area (Å²) in [5.74, 6) is -0.465. The summed E-state index contributed by atoms with van der Waals surface area (Å²) in [5.41, 5.74) is 6.10. The average Bonchev–Trinajstić information content (AvgIpc) is 2.37. The summed E-state index contributed by atoms with van der Waals surface area (Å²) in [4.78, 5) is 23.4. The number of hydrogen-bond acceptors (Lipinski definition) is 3. The third-order valence-corrected chi connectivity index (χ3v) is 3.32. The zero-order valence-electron chi connectivity index (χ0n) is 12.6. The van der Waals surface area contributed by atoms with E-state index >= 15 is 0 Å². The number of nitrogens with two attached hydrogens (primary N) is 1. The van der Waals surface area contributed by atoms with E-state index in [1.165, 1.54) is 0 Å². The van der Waals surface area contributed by atoms with Crippen molar-refractivity contribution in [2.75, 3.05) is 0 Å². The standard InChI is InChI=1S/C15H21ClN2O3/c1-8(2)13(14(17)19)18-15(20)10(4)21-12-6-5-11(16)7-9(12)3/h5-8,10,13H,1-4H3,(H2,17,19)(H,18,20)/t10-,13+/m0/s1. The Balaban J connectivity index is 2.72. The van der Waals surface area contributed by atoms with Crippen molar-refractivity contribution in [2.45, 2.75) is 39.8 Å². The fourth-order valence-electron chi connectivity index (χ4n) is 1.83. The van der Waals surface area contributed by atoms with Crippen LogP contribution in [0.5, 0.6) is 5.75 Å². The van der Waals surface area contributed by atoms with Crippen LogP contribution in [0.1, 0.15) is 26.3 Å². The molecule has 0 heterocycles. The summed E-state index contributed by atoms with van der Waals surface area (Å²) in [6.45, 7) is 7.07. The average molecular weight is 313 g/mol. The molecule has 1 aromatic rings. The molecule has 0 saturated carbocycles. The molecule has 0 bridgehead atoms. The minimum absolute atomic E-state index is 0.0871. The van der Waals surface area contributed by atoms with Crippen molar-refractivity contribution in [1.29, 1.82) is 0 Å². The van der Waals surface area contributed by atoms with Crippen LogP contribution in [-0.4, -0.2) is 24.0 Å². The van der Waals surface area contributed by atoms with Gasteiger partial charge in [-0.05, 0) is 43.5 Å². The van der Waals surface area contributed by atoms with Crippen molar-refractivity contribution in [3.05, 3.63) is 28.8 Å². The van der Waals surface area contributed by atoms with Crippen molar-refractivity contribution < 1.29 is 14.3 Å². The summed E-state index contributed by atoms with van der Waals surface area (Å²) < 4.78 is 5.60. The summed E-state index contributed by atoms with van der Waals surface area (Å²) >= 11 is 5.87. The molecule has 21 heavy (non-hydrogen) atoms. The van der Waals surface area contributed by atoms with E-state index < -0.39 is 18.1 Å². The van der Waals surface area contributed by atoms with E-state index in [1.807, 2.05) is 20.8 Å². The van der Waals surface area contributed by atoms with Gasteiger partial charge < -0.3 is 15.8 Å². The molecule has 0 aliphatic carbocycles. The first-order valence-corrected chi connectivity index (χ1v) is 7.12. The Morgan fingerprint density at radius 3 is 2.38 bits per heavy atom. The highest BCUT2D eigenvalue weighted by molar-refractivity contribution is 6.30. The van der Waals surface area contributed by atoms with Crippen LogP contribution in [0.4, 0.5) is 0 Å². The van der Waals surface area contributed by atoms with Crippen LogP contribution in [0, 0.1) is 12.8 Å². The van der Waals surface area contributed by atoms with E-state index in [0.717, 1.165) is 5.56 Å². The number of ether oxygens (including phenoxy) is 1. The maximum atomic E-state index is 12.1. The molecular weight excluding hydrogens is 292 g/mol. The second kappa shape index (κ2) is 7.31. The molecule has 116 valence electrons. The van der Waals surface area contributed by atoms with Crippen LogP contribution in [0.25, 0.3) is 0 Å². The van der Waals surface area contributed by atoms with E-state index in [-0.39, 0.29) is 11.8 Å². The minimum atomic E-state index is -0.745. The SMILES string of the molecule is Cc1cc(Cl)ccc1O[C@@H](C)C(=O)N[C@@H](C(N)=O)C(C)C. The summed E-state index contributed by atoms with van der Waals surface area (Å²) in [6.07, 6.45) is -0.745. The number of rotatable bonds is 6. The van der Waals surface area contributed by atoms with E-state index in [9.17, 15) is 9.59 Å². The lowest BCUT2D eigenvalue weighted by Gasteiger charge is -2.22. The Labute approximate surface area is 129 Å². The number of aryl methyl sites for hydroxylation is 1. The Kier molecular flexibility index (Phi) is 6.03. The molecule has 0 saturated heterocycles. The first kappa shape index (κ1) is 17.3. The highest BCUT2D eigenvalue weighted by atomic mass is 35.5. The number of carbonyl (C=O) groups excluding carboxylic acids is 2. The predicted octanol–water partition coefficient (Wildman–Crippen LogP) is 2.04. The van der Waals surface area contributed by atoms with Crippen molar-refractivity contribution in [3.63, 3.8) is 0 Å². The maximum absolute atomic E-state index is 12.1. The summed E-state index contributed by atoms with van der Waals surface area (Å²) in [5, 5.41) is 3.20. The molecule has 5 nitrogen and oxygen atoms in total. The van der Waals surface area contributed by atoms with Crippen molar-refractivity contribution in [3.8, 4) is 5.75 Å². The maximum Gasteiger partial charge on any atom is 0.261 e. The topological polar surface area (TPSA) is 81.4 Å². The molecule has 6 heteroatoms. The second-order valence-electron chi connectivity index (χ2n) is 5.30. The van der Waals surface area contributed by atoms with Gasteiger partial charge in [-0.2, -0.15) is 0 Å². The molecule has 1 aromatic carbocycles. The van der Waals surface area contributed by atoms with Crippen molar-refractivity contribution >= 4 is 23.4 Å². The summed E-state index contributed by atoms with van der Waals surface area (Å²) in [6, 6.07) is 4.43. The third-order valence-electron chi connectivity index (χ3n) is 3.08. The zero-order valence-corrected chi connectivity index (χ0v) is 13.4. The van der Waals surface area contributed by atoms with E-state index in [4.69, 9.17) is 22.1 Å². The van der Waals surface area contributed by atoms with Gasteiger partial charge in [-0.3, -0.25) is 9.59 Å². The third kappa shape index (κ3) is 4.93. The van der Waals surface area contributed by atoms with Crippen LogP contribution in [0.3, 0.4) is 0 Å². The smallest absolute Gasteiger partial charge is 0.261 e. The quantitative estimate of drug-likeness (QED) is 0.843. The Hall–Kier alpha value is -1.75. The molecule has 2 amide bonds. The van der Waals surface area contributed by atoms with Crippen molar-refractivity contribution in [1.82, 2.24) is 5.32 Å². The first-order valence-electron chi connectivity index (χ1n) is 6.75. The lowest BCUT2D eigenvalue weighted by molar-refractivity contribution is -0.132. The van der Waals surface area contributed by atoms with Gasteiger partial charge >= 0.3 is 0 Å². The van der Waals surface area contributed by atoms with E-state index in [1.54, 1.807) is 25.1 Å². The van der Waals surface area contributed by atoms with Gasteiger partial charge in [0.05, 0.1) is 0 Å². The molecule has 0 radical (unpaired) electrons. The van der Waals surface area contributed by atoms with Gasteiger partial charge in [0.1, 0.15) is 11.8 Å². The molecule has 3 N–H and O–H groups in total. The lowest BCUT2D eigenvalue weighted by Crippen LogP contribution is -2.51. The number of benzene rings is 1. The molecule has 2 atom stereocenters. The number of primary amides is 1. The number of halogens is 1. The van der Waals surface area contributed by atoms with Gasteiger partial charge in [-0.15, -0.1) is 0 Å². The van der Waals surface area contributed by atoms with Gasteiger partial charge in [0.25, 0.3) is 5.91 Å². The molecule has 0 aromatic heterocycles. The number of hydrogen-bond donors (Lipinski definition) is 2. The van der Waals surface area contributed by atoms with Crippen molar-refractivity contribution in [2.24, 2.45) is 11.7 Å². The van der Waals surface area contributed by atoms with Gasteiger partial charge in [0.15, 0.2) is 6.10 Å². The van der Waals surface area contributed by atoms with Gasteiger partial charge in [-0.1, -0.05) is 25.4 Å². The molecule has 1 rings (SSSR count). The molecule has 0 aliphatic heterocycles. The van der Waals surface area contributed by atoms with Crippen LogP contribution in [-0.2, 0) is 9.59 Å². The summed E-state index contributed by atoms with van der Waals surface area (Å²) in [7, 11) is 0. The van der Waals surface area contributed by atoms with Gasteiger partial charge in [0.2, 0.25) is 5.91 Å². The largest absolute Gasteiger partial charge is 0.481 e. The number of amides is 2. The van der Waals surface area contributed by atoms with E-state index in [2.05, 4.69) is 5.32 Å². The molecule has 0 fully saturated rings. The monoisotopic (exact) mass is 312 g/mol. The van der Waals surface area contributed by atoms with Crippen LogP contribution in [0.2, 0.25) is 5.02 Å². The Morgan fingerprint density at radius 1 is 1.29 bits per heavy atom. The number of nitrogens with one attached hydrogen (secondary N) is 1. The Bertz CT molecular complexity index is 532. The second-order valence-corrected chi connectivity index (χ2v) is 5.74. The van der Waals surface area contributed by atoms with Crippen LogP contribution in [0.15, 0.2) is 18.2 Å². The molecule has 0 spiro atoms. The normalized spacial score (nSPS) is 13.6. The highest BCUT2D eigenvalue weighted by Crippen LogP contribution is 2.22. The fraction of sp³-hybridized carbons (Fsp3) is 0.467. The zero-order chi connectivity index (χ0) is 16.2. The fourth-order valence-corrected chi connectivity index (χ4v) is 2.05. The first-order chi connectivity index (χ1) is 9.72. The highest BCUT2D eigenvalue weighted by Gasteiger charge is 2.25. The predicted molar refractivity (Wildman–Crippen MR) is 82.2 cm³/mol. The molecular formula is C15H21ClN2O3. The number of carbonyl (C=O) groups is 2. The molecule has 0 aliphatic rings. The minimum Gasteiger partial charge on any atom is -0.481 e. The van der Waals surface area contributed by atoms with Crippen LogP contribution >= 0.6 is 11.6 Å². The van der Waals surface area contributed by atoms with E-state index in [0.29, 0.717) is 10.8 Å². The van der Waals surface area contributed by atoms with Gasteiger partial charge in [0, 0.05) is 5.02 Å².